The van der Waals surface area contributed by atoms with E-state index in [0.717, 1.165) is 5.39 Å². The van der Waals surface area contributed by atoms with Crippen molar-refractivity contribution in [2.24, 2.45) is 0 Å². The molecule has 3 rings (SSSR count). The molecule has 0 aliphatic carbocycles. The maximum absolute atomic E-state index is 12.7. The lowest BCUT2D eigenvalue weighted by molar-refractivity contribution is 0.462. The minimum atomic E-state index is -3.86. The minimum Gasteiger partial charge on any atom is -0.255 e. The Balaban J connectivity index is 2.03. The van der Waals surface area contributed by atoms with Gasteiger partial charge in [-0.2, -0.15) is 0 Å². The molecule has 2 aromatic rings. The Labute approximate surface area is 129 Å². The van der Waals surface area contributed by atoms with Crippen LogP contribution in [-0.4, -0.2) is 38.9 Å². The first-order chi connectivity index (χ1) is 10.2. The molecule has 1 fully saturated rings. The maximum atomic E-state index is 12.7. The molecule has 1 N–H and O–H groups in total. The largest absolute Gasteiger partial charge is 0.255 e. The summed E-state index contributed by atoms with van der Waals surface area (Å²) in [4.78, 5) is 4.20. The van der Waals surface area contributed by atoms with Crippen molar-refractivity contribution < 1.29 is 16.8 Å². The molecule has 1 aromatic heterocycles. The van der Waals surface area contributed by atoms with Gasteiger partial charge in [0.2, 0.25) is 10.0 Å². The van der Waals surface area contributed by atoms with Crippen molar-refractivity contribution in [1.29, 1.82) is 0 Å². The summed E-state index contributed by atoms with van der Waals surface area (Å²) < 4.78 is 51.2. The number of rotatable bonds is 3. The first-order valence-corrected chi connectivity index (χ1v) is 10.1. The molecule has 118 valence electrons. The van der Waals surface area contributed by atoms with Gasteiger partial charge in [-0.1, -0.05) is 18.2 Å². The minimum absolute atomic E-state index is 0.000191. The molecule has 8 heteroatoms. The van der Waals surface area contributed by atoms with Gasteiger partial charge in [-0.15, -0.1) is 0 Å². The van der Waals surface area contributed by atoms with Crippen molar-refractivity contribution >= 4 is 30.8 Å². The van der Waals surface area contributed by atoms with Crippen molar-refractivity contribution in [2.75, 3.05) is 11.5 Å². The zero-order chi connectivity index (χ0) is 16.0. The lowest BCUT2D eigenvalue weighted by Gasteiger charge is -2.23. The van der Waals surface area contributed by atoms with E-state index < -0.39 is 25.4 Å². The normalized spacial score (nSPS) is 24.6. The van der Waals surface area contributed by atoms with Gasteiger partial charge in [0, 0.05) is 17.1 Å². The highest BCUT2D eigenvalue weighted by atomic mass is 32.2. The predicted molar refractivity (Wildman–Crippen MR) is 83.7 cm³/mol. The number of hydrogen-bond acceptors (Lipinski definition) is 5. The van der Waals surface area contributed by atoms with Crippen molar-refractivity contribution in [1.82, 2.24) is 9.71 Å². The number of hydrogen-bond donors (Lipinski definition) is 1. The molecule has 22 heavy (non-hydrogen) atoms. The number of sulfone groups is 1. The van der Waals surface area contributed by atoms with Gasteiger partial charge >= 0.3 is 0 Å². The summed E-state index contributed by atoms with van der Waals surface area (Å²) in [5, 5.41) is 0.717. The van der Waals surface area contributed by atoms with Crippen LogP contribution in [0, 0.1) is 0 Å². The Morgan fingerprint density at radius 3 is 2.64 bits per heavy atom. The molecule has 0 spiro atoms. The van der Waals surface area contributed by atoms with E-state index in [2.05, 4.69) is 9.71 Å². The molecular weight excluding hydrogens is 324 g/mol. The Bertz CT molecular complexity index is 933. The van der Waals surface area contributed by atoms with Crippen LogP contribution in [0.25, 0.3) is 10.9 Å². The van der Waals surface area contributed by atoms with E-state index in [9.17, 15) is 16.8 Å². The van der Waals surface area contributed by atoms with Crippen LogP contribution >= 0.6 is 0 Å². The number of nitrogens with one attached hydrogen (secondary N) is 1. The van der Waals surface area contributed by atoms with Crippen LogP contribution in [0.5, 0.6) is 0 Å². The highest BCUT2D eigenvalue weighted by Crippen LogP contribution is 2.27. The lowest BCUT2D eigenvalue weighted by Crippen LogP contribution is -2.46. The van der Waals surface area contributed by atoms with E-state index in [1.807, 2.05) is 0 Å². The molecule has 0 saturated carbocycles. The number of nitrogens with zero attached hydrogens (tertiary/aromatic N) is 1. The molecular formula is C14H16N2O4S2. The second-order valence-electron chi connectivity index (χ2n) is 5.84. The second-order valence-corrected chi connectivity index (χ2v) is 9.67. The predicted octanol–water partition coefficient (Wildman–Crippen LogP) is 1.09. The van der Waals surface area contributed by atoms with E-state index in [0.29, 0.717) is 5.52 Å². The Hall–Kier alpha value is -1.51. The zero-order valence-electron chi connectivity index (χ0n) is 12.0. The third-order valence-corrected chi connectivity index (χ3v) is 7.34. The fraction of sp³-hybridized carbons (Fsp3) is 0.357. The van der Waals surface area contributed by atoms with Gasteiger partial charge in [0.05, 0.1) is 17.0 Å². The standard InChI is InChI=1S/C14H16N2O4S2/c1-14(7-9-21(17,18)10-14)16-22(19,20)12-6-2-4-11-5-3-8-15-13(11)12/h2-6,8,16H,7,9-10H2,1H3/t14-/m1/s1. The summed E-state index contributed by atoms with van der Waals surface area (Å²) >= 11 is 0. The Morgan fingerprint density at radius 2 is 1.95 bits per heavy atom. The number of para-hydroxylation sites is 1. The highest BCUT2D eigenvalue weighted by Gasteiger charge is 2.41. The molecule has 6 nitrogen and oxygen atoms in total. The first-order valence-electron chi connectivity index (χ1n) is 6.79. The van der Waals surface area contributed by atoms with Gasteiger partial charge in [-0.05, 0) is 25.5 Å². The molecule has 1 saturated heterocycles. The average Bonchev–Trinajstić information content (AvgIpc) is 2.71. The van der Waals surface area contributed by atoms with Crippen molar-refractivity contribution in [3.8, 4) is 0 Å². The molecule has 1 aromatic carbocycles. The van der Waals surface area contributed by atoms with Crippen LogP contribution in [0.4, 0.5) is 0 Å². The van der Waals surface area contributed by atoms with Crippen molar-refractivity contribution in [2.45, 2.75) is 23.8 Å². The van der Waals surface area contributed by atoms with Gasteiger partial charge < -0.3 is 0 Å². The molecule has 1 aliphatic rings. The quantitative estimate of drug-likeness (QED) is 0.903. The van der Waals surface area contributed by atoms with Crippen LogP contribution < -0.4 is 4.72 Å². The van der Waals surface area contributed by atoms with E-state index in [1.54, 1.807) is 31.2 Å². The first kappa shape index (κ1) is 15.4. The molecule has 1 atom stereocenters. The smallest absolute Gasteiger partial charge is 0.243 e. The second kappa shape index (κ2) is 5.00. The number of aromatic nitrogens is 1. The number of benzene rings is 1. The summed E-state index contributed by atoms with van der Waals surface area (Å²) in [6, 6.07) is 8.42. The molecule has 0 unspecified atom stereocenters. The van der Waals surface area contributed by atoms with Gasteiger partial charge in [0.15, 0.2) is 9.84 Å². The topological polar surface area (TPSA) is 93.2 Å². The molecule has 2 heterocycles. The third-order valence-electron chi connectivity index (χ3n) is 3.77. The van der Waals surface area contributed by atoms with Crippen LogP contribution in [0.2, 0.25) is 0 Å². The molecule has 1 aliphatic heterocycles. The van der Waals surface area contributed by atoms with E-state index in [-0.39, 0.29) is 22.8 Å². The highest BCUT2D eigenvalue weighted by molar-refractivity contribution is 7.92. The van der Waals surface area contributed by atoms with E-state index in [4.69, 9.17) is 0 Å². The summed E-state index contributed by atoms with van der Waals surface area (Å²) in [5.41, 5.74) is -0.601. The zero-order valence-corrected chi connectivity index (χ0v) is 13.6. The van der Waals surface area contributed by atoms with Crippen molar-refractivity contribution in [3.05, 3.63) is 36.5 Å². The monoisotopic (exact) mass is 340 g/mol. The number of sulfonamides is 1. The summed E-state index contributed by atoms with van der Waals surface area (Å²) in [6.07, 6.45) is 1.80. The van der Waals surface area contributed by atoms with Crippen molar-refractivity contribution in [3.63, 3.8) is 0 Å². The average molecular weight is 340 g/mol. The lowest BCUT2D eigenvalue weighted by atomic mass is 10.0. The summed E-state index contributed by atoms with van der Waals surface area (Å²) in [6.45, 7) is 1.62. The van der Waals surface area contributed by atoms with Crippen LogP contribution in [0.3, 0.4) is 0 Å². The fourth-order valence-electron chi connectivity index (χ4n) is 2.76. The van der Waals surface area contributed by atoms with Crippen LogP contribution in [0.1, 0.15) is 13.3 Å². The number of pyridine rings is 1. The molecule has 0 bridgehead atoms. The molecule has 0 radical (unpaired) electrons. The Morgan fingerprint density at radius 1 is 1.23 bits per heavy atom. The third kappa shape index (κ3) is 2.86. The van der Waals surface area contributed by atoms with Gasteiger partial charge in [0.25, 0.3) is 0 Å². The van der Waals surface area contributed by atoms with Crippen LogP contribution in [-0.2, 0) is 19.9 Å². The number of fused-ring (bicyclic) bond motifs is 1. The summed E-state index contributed by atoms with van der Waals surface area (Å²) in [7, 11) is -7.05. The van der Waals surface area contributed by atoms with Gasteiger partial charge in [0.1, 0.15) is 4.90 Å². The fourth-order valence-corrected chi connectivity index (χ4v) is 6.56. The summed E-state index contributed by atoms with van der Waals surface area (Å²) in [5.74, 6) is -0.183. The van der Waals surface area contributed by atoms with E-state index >= 15 is 0 Å². The maximum Gasteiger partial charge on any atom is 0.243 e. The SMILES string of the molecule is C[C@@]1(NS(=O)(=O)c2cccc3cccnc23)CCS(=O)(=O)C1. The molecule has 0 amide bonds. The van der Waals surface area contributed by atoms with Crippen LogP contribution in [0.15, 0.2) is 41.4 Å². The Kier molecular flexibility index (Phi) is 3.50. The van der Waals surface area contributed by atoms with Gasteiger partial charge in [-0.25, -0.2) is 21.6 Å². The van der Waals surface area contributed by atoms with Gasteiger partial charge in [-0.3, -0.25) is 4.98 Å². The van der Waals surface area contributed by atoms with E-state index in [1.165, 1.54) is 12.3 Å².